The van der Waals surface area contributed by atoms with Crippen LogP contribution in [0.3, 0.4) is 0 Å². The molecular weight excluding hydrogens is 308 g/mol. The average Bonchev–Trinajstić information content (AvgIpc) is 2.52. The number of carbonyl (C=O) groups excluding carboxylic acids is 2. The van der Waals surface area contributed by atoms with Crippen molar-refractivity contribution >= 4 is 12.0 Å². The van der Waals surface area contributed by atoms with Gasteiger partial charge in [0, 0.05) is 18.7 Å². The van der Waals surface area contributed by atoms with Gasteiger partial charge in [-0.05, 0) is 39.3 Å². The molecule has 132 valence electrons. The lowest BCUT2D eigenvalue weighted by Crippen LogP contribution is -2.50. The van der Waals surface area contributed by atoms with Gasteiger partial charge >= 0.3 is 6.09 Å². The molecule has 1 unspecified atom stereocenters. The number of benzene rings is 1. The average molecular weight is 334 g/mol. The van der Waals surface area contributed by atoms with Gasteiger partial charge in [0.25, 0.3) is 5.91 Å². The van der Waals surface area contributed by atoms with E-state index < -0.39 is 5.60 Å². The Kier molecular flexibility index (Phi) is 5.83. The van der Waals surface area contributed by atoms with E-state index in [-0.39, 0.29) is 18.1 Å². The van der Waals surface area contributed by atoms with Crippen molar-refractivity contribution in [3.05, 3.63) is 35.4 Å². The van der Waals surface area contributed by atoms with E-state index in [1.54, 1.807) is 11.0 Å². The summed E-state index contributed by atoms with van der Waals surface area (Å²) in [5.41, 5.74) is 1.05. The minimum atomic E-state index is -0.524. The lowest BCUT2D eigenvalue weighted by atomic mass is 10.1. The van der Waals surface area contributed by atoms with Crippen LogP contribution in [0.5, 0.6) is 0 Å². The van der Waals surface area contributed by atoms with Crippen LogP contribution in [-0.4, -0.2) is 54.8 Å². The molecule has 0 spiro atoms. The number of nitrogens with zero attached hydrogens (tertiary/aromatic N) is 1. The molecule has 0 aromatic heterocycles. The van der Waals surface area contributed by atoms with Crippen LogP contribution in [0.2, 0.25) is 0 Å². The third-order valence-electron chi connectivity index (χ3n) is 3.67. The van der Waals surface area contributed by atoms with E-state index >= 15 is 0 Å². The molecule has 0 radical (unpaired) electrons. The van der Waals surface area contributed by atoms with Gasteiger partial charge in [-0.1, -0.05) is 18.2 Å². The van der Waals surface area contributed by atoms with Crippen LogP contribution in [0, 0.1) is 6.92 Å². The fourth-order valence-corrected chi connectivity index (χ4v) is 2.46. The first-order valence-electron chi connectivity index (χ1n) is 8.19. The highest BCUT2D eigenvalue weighted by Gasteiger charge is 2.28. The summed E-state index contributed by atoms with van der Waals surface area (Å²) in [6.45, 7) is 9.11. The van der Waals surface area contributed by atoms with E-state index in [4.69, 9.17) is 9.47 Å². The van der Waals surface area contributed by atoms with Crippen molar-refractivity contribution in [1.29, 1.82) is 0 Å². The highest BCUT2D eigenvalue weighted by atomic mass is 16.6. The van der Waals surface area contributed by atoms with E-state index in [1.165, 1.54) is 0 Å². The Bertz CT molecular complexity index is 595. The number of hydrogen-bond acceptors (Lipinski definition) is 4. The second-order valence-electron chi connectivity index (χ2n) is 6.94. The summed E-state index contributed by atoms with van der Waals surface area (Å²) >= 11 is 0. The Labute approximate surface area is 143 Å². The summed E-state index contributed by atoms with van der Waals surface area (Å²) in [5, 5.41) is 2.87. The monoisotopic (exact) mass is 334 g/mol. The smallest absolute Gasteiger partial charge is 0.410 e. The number of carbonyl (C=O) groups is 2. The lowest BCUT2D eigenvalue weighted by Gasteiger charge is -2.34. The molecule has 1 aliphatic heterocycles. The summed E-state index contributed by atoms with van der Waals surface area (Å²) in [7, 11) is 0. The van der Waals surface area contributed by atoms with E-state index in [9.17, 15) is 9.59 Å². The van der Waals surface area contributed by atoms with Gasteiger partial charge in [0.1, 0.15) is 5.60 Å². The molecule has 1 aromatic carbocycles. The fourth-order valence-electron chi connectivity index (χ4n) is 2.46. The van der Waals surface area contributed by atoms with Crippen LogP contribution >= 0.6 is 0 Å². The van der Waals surface area contributed by atoms with Gasteiger partial charge < -0.3 is 19.7 Å². The Hall–Kier alpha value is -2.08. The Morgan fingerprint density at radius 2 is 2.04 bits per heavy atom. The van der Waals surface area contributed by atoms with Gasteiger partial charge in [-0.3, -0.25) is 4.79 Å². The van der Waals surface area contributed by atoms with E-state index in [0.29, 0.717) is 31.8 Å². The van der Waals surface area contributed by atoms with Gasteiger partial charge in [-0.15, -0.1) is 0 Å². The van der Waals surface area contributed by atoms with Crippen LogP contribution < -0.4 is 5.32 Å². The van der Waals surface area contributed by atoms with Crippen molar-refractivity contribution in [2.75, 3.05) is 26.2 Å². The highest BCUT2D eigenvalue weighted by molar-refractivity contribution is 5.95. The van der Waals surface area contributed by atoms with E-state index in [0.717, 1.165) is 5.56 Å². The highest BCUT2D eigenvalue weighted by Crippen LogP contribution is 2.13. The molecule has 2 rings (SSSR count). The van der Waals surface area contributed by atoms with Crippen LogP contribution in [-0.2, 0) is 9.47 Å². The predicted octanol–water partition coefficient (Wildman–Crippen LogP) is 2.36. The molecule has 1 aliphatic rings. The topological polar surface area (TPSA) is 67.9 Å². The minimum absolute atomic E-state index is 0.133. The van der Waals surface area contributed by atoms with Gasteiger partial charge in [-0.25, -0.2) is 4.79 Å². The molecule has 1 saturated heterocycles. The summed E-state index contributed by atoms with van der Waals surface area (Å²) in [4.78, 5) is 26.0. The molecule has 24 heavy (non-hydrogen) atoms. The molecule has 1 N–H and O–H groups in total. The van der Waals surface area contributed by atoms with Gasteiger partial charge in [0.05, 0.1) is 19.3 Å². The molecule has 1 atom stereocenters. The maximum absolute atomic E-state index is 12.2. The van der Waals surface area contributed by atoms with Crippen molar-refractivity contribution in [2.45, 2.75) is 39.4 Å². The number of ether oxygens (including phenoxy) is 2. The maximum Gasteiger partial charge on any atom is 0.410 e. The zero-order valence-corrected chi connectivity index (χ0v) is 14.8. The van der Waals surface area contributed by atoms with E-state index in [1.807, 2.05) is 45.9 Å². The standard InChI is InChI=1S/C18H26N2O4/c1-13-7-5-6-8-15(13)16(21)19-11-14-12-20(9-10-23-14)17(22)24-18(2,3)4/h5-8,14H,9-12H2,1-4H3,(H,19,21). The first kappa shape index (κ1) is 18.3. The fraction of sp³-hybridized carbons (Fsp3) is 0.556. The number of nitrogens with one attached hydrogen (secondary N) is 1. The molecule has 6 heteroatoms. The van der Waals surface area contributed by atoms with Crippen molar-refractivity contribution in [1.82, 2.24) is 10.2 Å². The Morgan fingerprint density at radius 1 is 1.33 bits per heavy atom. The van der Waals surface area contributed by atoms with Gasteiger partial charge in [-0.2, -0.15) is 0 Å². The van der Waals surface area contributed by atoms with Gasteiger partial charge in [0.2, 0.25) is 0 Å². The molecule has 0 saturated carbocycles. The lowest BCUT2D eigenvalue weighted by molar-refractivity contribution is -0.0404. The molecule has 1 heterocycles. The molecule has 6 nitrogen and oxygen atoms in total. The zero-order valence-electron chi connectivity index (χ0n) is 14.8. The maximum atomic E-state index is 12.2. The SMILES string of the molecule is Cc1ccccc1C(=O)NCC1CN(C(=O)OC(C)(C)C)CCO1. The molecule has 0 aliphatic carbocycles. The first-order valence-corrected chi connectivity index (χ1v) is 8.19. The van der Waals surface area contributed by atoms with E-state index in [2.05, 4.69) is 5.32 Å². The third-order valence-corrected chi connectivity index (χ3v) is 3.67. The molecular formula is C18H26N2O4. The molecule has 0 bridgehead atoms. The largest absolute Gasteiger partial charge is 0.444 e. The number of morpholine rings is 1. The van der Waals surface area contributed by atoms with Crippen LogP contribution in [0.4, 0.5) is 4.79 Å². The van der Waals surface area contributed by atoms with Crippen molar-refractivity contribution in [2.24, 2.45) is 0 Å². The van der Waals surface area contributed by atoms with Crippen LogP contribution in [0.25, 0.3) is 0 Å². The summed E-state index contributed by atoms with van der Waals surface area (Å²) in [6, 6.07) is 7.42. The van der Waals surface area contributed by atoms with Gasteiger partial charge in [0.15, 0.2) is 0 Å². The summed E-state index contributed by atoms with van der Waals surface area (Å²) in [6.07, 6.45) is -0.583. The van der Waals surface area contributed by atoms with Crippen LogP contribution in [0.15, 0.2) is 24.3 Å². The summed E-state index contributed by atoms with van der Waals surface area (Å²) < 4.78 is 11.0. The quantitative estimate of drug-likeness (QED) is 0.921. The summed E-state index contributed by atoms with van der Waals surface area (Å²) in [5.74, 6) is -0.133. The van der Waals surface area contributed by atoms with Crippen molar-refractivity contribution < 1.29 is 19.1 Å². The van der Waals surface area contributed by atoms with Crippen molar-refractivity contribution in [3.8, 4) is 0 Å². The zero-order chi connectivity index (χ0) is 17.7. The van der Waals surface area contributed by atoms with Crippen molar-refractivity contribution in [3.63, 3.8) is 0 Å². The number of hydrogen-bond donors (Lipinski definition) is 1. The number of amides is 2. The predicted molar refractivity (Wildman–Crippen MR) is 91.1 cm³/mol. The molecule has 2 amide bonds. The Balaban J connectivity index is 1.86. The number of rotatable bonds is 3. The Morgan fingerprint density at radius 3 is 2.71 bits per heavy atom. The molecule has 1 aromatic rings. The van der Waals surface area contributed by atoms with Crippen LogP contribution in [0.1, 0.15) is 36.7 Å². The first-order chi connectivity index (χ1) is 11.3. The normalized spacial score (nSPS) is 18.2. The second-order valence-corrected chi connectivity index (χ2v) is 6.94. The minimum Gasteiger partial charge on any atom is -0.444 e. The molecule has 1 fully saturated rings. The number of aryl methyl sites for hydroxylation is 1. The second kappa shape index (κ2) is 7.66. The third kappa shape index (κ3) is 5.23.